The molecule has 1 aromatic rings. The summed E-state index contributed by atoms with van der Waals surface area (Å²) in [6.45, 7) is 3.72. The second kappa shape index (κ2) is 7.77. The predicted octanol–water partition coefficient (Wildman–Crippen LogP) is 2.33. The molecule has 0 amide bonds. The molecule has 21 heavy (non-hydrogen) atoms. The molecular formula is C13H18FNO4S2. The van der Waals surface area contributed by atoms with Crippen LogP contribution in [0.1, 0.15) is 30.6 Å². The lowest BCUT2D eigenvalue weighted by Crippen LogP contribution is -2.33. The van der Waals surface area contributed by atoms with Gasteiger partial charge < -0.3 is 5.11 Å². The highest BCUT2D eigenvalue weighted by Crippen LogP contribution is 2.17. The summed E-state index contributed by atoms with van der Waals surface area (Å²) in [6, 6.07) is 2.41. The van der Waals surface area contributed by atoms with Crippen LogP contribution in [0.3, 0.4) is 0 Å². The standard InChI is InChI=1S/C13H18FNO4S2/c1-3-20-7-6-9(2)15-21(18,19)12-5-4-10(13(16)17)8-11(12)14/h4-5,8-9,15H,3,6-7H2,1-2H3,(H,16,17). The van der Waals surface area contributed by atoms with Gasteiger partial charge in [0.05, 0.1) is 5.56 Å². The Balaban J connectivity index is 2.85. The lowest BCUT2D eigenvalue weighted by Gasteiger charge is -2.14. The van der Waals surface area contributed by atoms with E-state index < -0.39 is 26.7 Å². The number of thioether (sulfide) groups is 1. The van der Waals surface area contributed by atoms with Crippen molar-refractivity contribution >= 4 is 27.8 Å². The summed E-state index contributed by atoms with van der Waals surface area (Å²) in [7, 11) is -4.00. The molecule has 1 unspecified atom stereocenters. The maximum absolute atomic E-state index is 13.8. The number of aromatic carboxylic acids is 1. The van der Waals surface area contributed by atoms with Gasteiger partial charge in [-0.2, -0.15) is 11.8 Å². The first-order valence-electron chi connectivity index (χ1n) is 6.41. The summed E-state index contributed by atoms with van der Waals surface area (Å²) in [6.07, 6.45) is 0.632. The van der Waals surface area contributed by atoms with E-state index in [0.717, 1.165) is 23.6 Å². The summed E-state index contributed by atoms with van der Waals surface area (Å²) in [5.74, 6) is -0.626. The number of carboxylic acid groups (broad SMARTS) is 1. The summed E-state index contributed by atoms with van der Waals surface area (Å²) in [5.41, 5.74) is -0.293. The van der Waals surface area contributed by atoms with E-state index >= 15 is 0 Å². The van der Waals surface area contributed by atoms with Gasteiger partial charge in [-0.15, -0.1) is 0 Å². The molecule has 0 fully saturated rings. The maximum Gasteiger partial charge on any atom is 0.335 e. The molecule has 118 valence electrons. The van der Waals surface area contributed by atoms with Crippen molar-refractivity contribution in [2.75, 3.05) is 11.5 Å². The molecule has 1 atom stereocenters. The number of nitrogens with one attached hydrogen (secondary N) is 1. The fraction of sp³-hybridized carbons (Fsp3) is 0.462. The SMILES string of the molecule is CCSCCC(C)NS(=O)(=O)c1ccc(C(=O)O)cc1F. The zero-order chi connectivity index (χ0) is 16.0. The van der Waals surface area contributed by atoms with Crippen molar-refractivity contribution in [2.45, 2.75) is 31.2 Å². The minimum absolute atomic E-state index is 0.293. The normalized spacial score (nSPS) is 13.1. The average Bonchev–Trinajstić information content (AvgIpc) is 2.37. The van der Waals surface area contributed by atoms with Crippen molar-refractivity contribution < 1.29 is 22.7 Å². The second-order valence-corrected chi connectivity index (χ2v) is 7.53. The van der Waals surface area contributed by atoms with Crippen LogP contribution >= 0.6 is 11.8 Å². The molecule has 2 N–H and O–H groups in total. The van der Waals surface area contributed by atoms with Crippen molar-refractivity contribution in [1.82, 2.24) is 4.72 Å². The van der Waals surface area contributed by atoms with Gasteiger partial charge in [0.25, 0.3) is 0 Å². The monoisotopic (exact) mass is 335 g/mol. The fourth-order valence-electron chi connectivity index (χ4n) is 1.64. The molecule has 0 aliphatic carbocycles. The minimum atomic E-state index is -4.00. The van der Waals surface area contributed by atoms with Gasteiger partial charge in [0.15, 0.2) is 0 Å². The molecule has 0 aliphatic heterocycles. The summed E-state index contributed by atoms with van der Waals surface area (Å²) in [5, 5.41) is 8.73. The smallest absolute Gasteiger partial charge is 0.335 e. The highest BCUT2D eigenvalue weighted by molar-refractivity contribution is 7.99. The largest absolute Gasteiger partial charge is 0.478 e. The van der Waals surface area contributed by atoms with Crippen molar-refractivity contribution in [3.63, 3.8) is 0 Å². The third-order valence-electron chi connectivity index (χ3n) is 2.72. The molecule has 0 heterocycles. The molecular weight excluding hydrogens is 317 g/mol. The van der Waals surface area contributed by atoms with Crippen LogP contribution in [0.2, 0.25) is 0 Å². The van der Waals surface area contributed by atoms with Crippen molar-refractivity contribution in [1.29, 1.82) is 0 Å². The van der Waals surface area contributed by atoms with Crippen LogP contribution in [0.15, 0.2) is 23.1 Å². The van der Waals surface area contributed by atoms with Crippen LogP contribution < -0.4 is 4.72 Å². The van der Waals surface area contributed by atoms with Crippen molar-refractivity contribution in [3.8, 4) is 0 Å². The van der Waals surface area contributed by atoms with Gasteiger partial charge >= 0.3 is 5.97 Å². The van der Waals surface area contributed by atoms with E-state index in [1.165, 1.54) is 0 Å². The molecule has 8 heteroatoms. The topological polar surface area (TPSA) is 83.5 Å². The van der Waals surface area contributed by atoms with Gasteiger partial charge in [0.1, 0.15) is 10.7 Å². The molecule has 0 aliphatic rings. The van der Waals surface area contributed by atoms with Crippen LogP contribution in [0.5, 0.6) is 0 Å². The highest BCUT2D eigenvalue weighted by Gasteiger charge is 2.22. The molecule has 1 rings (SSSR count). The Bertz CT molecular complexity index is 604. The first kappa shape index (κ1) is 17.9. The van der Waals surface area contributed by atoms with E-state index in [0.29, 0.717) is 12.5 Å². The molecule has 0 bridgehead atoms. The number of hydrogen-bond donors (Lipinski definition) is 2. The number of carbonyl (C=O) groups is 1. The van der Waals surface area contributed by atoms with Gasteiger partial charge in [0.2, 0.25) is 10.0 Å². The van der Waals surface area contributed by atoms with Crippen LogP contribution in [-0.4, -0.2) is 37.0 Å². The molecule has 5 nitrogen and oxygen atoms in total. The Hall–Kier alpha value is -1.12. The van der Waals surface area contributed by atoms with E-state index in [4.69, 9.17) is 5.11 Å². The van der Waals surface area contributed by atoms with Gasteiger partial charge in [-0.3, -0.25) is 0 Å². The van der Waals surface area contributed by atoms with E-state index in [-0.39, 0.29) is 11.6 Å². The lowest BCUT2D eigenvalue weighted by molar-refractivity contribution is 0.0696. The van der Waals surface area contributed by atoms with Crippen LogP contribution in [-0.2, 0) is 10.0 Å². The first-order chi connectivity index (χ1) is 9.77. The van der Waals surface area contributed by atoms with E-state index in [2.05, 4.69) is 4.72 Å². The number of carboxylic acids is 1. The van der Waals surface area contributed by atoms with Gasteiger partial charge in [-0.25, -0.2) is 22.3 Å². The second-order valence-electron chi connectivity index (χ2n) is 4.46. The number of rotatable bonds is 8. The molecule has 0 spiro atoms. The van der Waals surface area contributed by atoms with Gasteiger partial charge in [0, 0.05) is 6.04 Å². The van der Waals surface area contributed by atoms with E-state index in [1.54, 1.807) is 18.7 Å². The Labute approximate surface area is 128 Å². The maximum atomic E-state index is 13.8. The number of sulfonamides is 1. The van der Waals surface area contributed by atoms with Crippen LogP contribution in [0.4, 0.5) is 4.39 Å². The van der Waals surface area contributed by atoms with Crippen LogP contribution in [0, 0.1) is 5.82 Å². The summed E-state index contributed by atoms with van der Waals surface area (Å²) in [4.78, 5) is 10.2. The Morgan fingerprint density at radius 2 is 2.14 bits per heavy atom. The molecule has 1 aromatic carbocycles. The minimum Gasteiger partial charge on any atom is -0.478 e. The van der Waals surface area contributed by atoms with Gasteiger partial charge in [-0.05, 0) is 43.0 Å². The highest BCUT2D eigenvalue weighted by atomic mass is 32.2. The lowest BCUT2D eigenvalue weighted by atomic mass is 10.2. The summed E-state index contributed by atoms with van der Waals surface area (Å²) < 4.78 is 40.3. The quantitative estimate of drug-likeness (QED) is 0.713. The first-order valence-corrected chi connectivity index (χ1v) is 9.04. The van der Waals surface area contributed by atoms with E-state index in [1.807, 2.05) is 6.92 Å². The third-order valence-corrected chi connectivity index (χ3v) is 5.28. The van der Waals surface area contributed by atoms with E-state index in [9.17, 15) is 17.6 Å². The Kier molecular flexibility index (Phi) is 6.63. The molecule has 0 radical (unpaired) electrons. The molecule has 0 aromatic heterocycles. The third kappa shape index (κ3) is 5.29. The predicted molar refractivity (Wildman–Crippen MR) is 80.8 cm³/mol. The van der Waals surface area contributed by atoms with Crippen LogP contribution in [0.25, 0.3) is 0 Å². The fourth-order valence-corrected chi connectivity index (χ4v) is 3.79. The zero-order valence-electron chi connectivity index (χ0n) is 11.8. The average molecular weight is 335 g/mol. The number of benzene rings is 1. The Morgan fingerprint density at radius 3 is 2.67 bits per heavy atom. The Morgan fingerprint density at radius 1 is 1.48 bits per heavy atom. The van der Waals surface area contributed by atoms with Crippen molar-refractivity contribution in [3.05, 3.63) is 29.6 Å². The molecule has 0 saturated heterocycles. The number of halogens is 1. The van der Waals surface area contributed by atoms with Crippen molar-refractivity contribution in [2.24, 2.45) is 0 Å². The number of hydrogen-bond acceptors (Lipinski definition) is 4. The zero-order valence-corrected chi connectivity index (χ0v) is 13.4. The molecule has 0 saturated carbocycles. The summed E-state index contributed by atoms with van der Waals surface area (Å²) >= 11 is 1.69. The van der Waals surface area contributed by atoms with Gasteiger partial charge in [-0.1, -0.05) is 6.92 Å².